The lowest BCUT2D eigenvalue weighted by atomic mass is 9.93. The Bertz CT molecular complexity index is 685. The highest BCUT2D eigenvalue weighted by Crippen LogP contribution is 2.26. The molecular formula is C17H15NO. The average molecular weight is 249 g/mol. The Labute approximate surface area is 112 Å². The maximum atomic E-state index is 5.35. The lowest BCUT2D eigenvalue weighted by Gasteiger charge is -2.10. The molecule has 3 rings (SSSR count). The number of nitrogens with zero attached hydrogens (tertiary/aromatic N) is 1. The molecule has 0 N–H and O–H groups in total. The molecule has 0 fully saturated rings. The Balaban J connectivity index is 1.93. The van der Waals surface area contributed by atoms with Crippen molar-refractivity contribution < 1.29 is 4.52 Å². The molecule has 3 aromatic rings. The second kappa shape index (κ2) is 5.11. The van der Waals surface area contributed by atoms with Crippen LogP contribution in [0.25, 0.3) is 11.0 Å². The second-order valence-electron chi connectivity index (χ2n) is 4.58. The fourth-order valence-electron chi connectivity index (χ4n) is 2.33. The molecule has 19 heavy (non-hydrogen) atoms. The van der Waals surface area contributed by atoms with Gasteiger partial charge in [0.25, 0.3) is 0 Å². The third-order valence-electron chi connectivity index (χ3n) is 3.38. The molecule has 0 spiro atoms. The molecule has 0 saturated heterocycles. The van der Waals surface area contributed by atoms with Crippen LogP contribution in [-0.4, -0.2) is 5.16 Å². The van der Waals surface area contributed by atoms with E-state index in [9.17, 15) is 0 Å². The van der Waals surface area contributed by atoms with Gasteiger partial charge in [-0.05, 0) is 17.7 Å². The van der Waals surface area contributed by atoms with E-state index in [0.29, 0.717) is 0 Å². The Hall–Kier alpha value is -2.35. The third kappa shape index (κ3) is 2.29. The molecule has 94 valence electrons. The first-order chi connectivity index (χ1) is 9.38. The summed E-state index contributed by atoms with van der Waals surface area (Å²) < 4.78 is 5.35. The predicted molar refractivity (Wildman–Crippen MR) is 77.1 cm³/mol. The van der Waals surface area contributed by atoms with Crippen molar-refractivity contribution in [3.8, 4) is 0 Å². The summed E-state index contributed by atoms with van der Waals surface area (Å²) in [5.74, 6) is 0.259. The Kier molecular flexibility index (Phi) is 3.15. The Morgan fingerprint density at radius 1 is 1.05 bits per heavy atom. The van der Waals surface area contributed by atoms with Crippen molar-refractivity contribution in [2.45, 2.75) is 12.3 Å². The highest BCUT2D eigenvalue weighted by atomic mass is 16.5. The minimum absolute atomic E-state index is 0.259. The number of para-hydroxylation sites is 1. The standard InChI is InChI=1S/C17H15NO/c1-2-13(14-8-4-3-5-9-14)12-16-15-10-6-7-11-17(15)19-18-16/h2-11,13H,1,12H2. The maximum Gasteiger partial charge on any atom is 0.167 e. The van der Waals surface area contributed by atoms with Crippen molar-refractivity contribution >= 4 is 11.0 Å². The Morgan fingerprint density at radius 2 is 1.79 bits per heavy atom. The molecular weight excluding hydrogens is 234 g/mol. The molecule has 1 aromatic heterocycles. The van der Waals surface area contributed by atoms with Crippen LogP contribution >= 0.6 is 0 Å². The summed E-state index contributed by atoms with van der Waals surface area (Å²) >= 11 is 0. The van der Waals surface area contributed by atoms with Crippen LogP contribution in [0.5, 0.6) is 0 Å². The zero-order chi connectivity index (χ0) is 13.1. The average Bonchev–Trinajstić information content (AvgIpc) is 2.89. The number of fused-ring (bicyclic) bond motifs is 1. The molecule has 0 aliphatic carbocycles. The second-order valence-corrected chi connectivity index (χ2v) is 4.58. The van der Waals surface area contributed by atoms with Gasteiger partial charge < -0.3 is 4.52 Å². The van der Waals surface area contributed by atoms with Gasteiger partial charge in [0.15, 0.2) is 5.58 Å². The normalized spacial score (nSPS) is 12.4. The van der Waals surface area contributed by atoms with Crippen LogP contribution in [0.4, 0.5) is 0 Å². The highest BCUT2D eigenvalue weighted by Gasteiger charge is 2.13. The van der Waals surface area contributed by atoms with E-state index in [1.165, 1.54) is 5.56 Å². The highest BCUT2D eigenvalue weighted by molar-refractivity contribution is 5.79. The van der Waals surface area contributed by atoms with Crippen LogP contribution in [0.15, 0.2) is 71.8 Å². The molecule has 0 aliphatic rings. The fraction of sp³-hybridized carbons (Fsp3) is 0.118. The van der Waals surface area contributed by atoms with Crippen LogP contribution in [0, 0.1) is 0 Å². The van der Waals surface area contributed by atoms with Gasteiger partial charge in [-0.3, -0.25) is 0 Å². The van der Waals surface area contributed by atoms with Crippen LogP contribution in [0.2, 0.25) is 0 Å². The van der Waals surface area contributed by atoms with Crippen molar-refractivity contribution in [2.75, 3.05) is 0 Å². The van der Waals surface area contributed by atoms with Crippen molar-refractivity contribution in [3.05, 3.63) is 78.5 Å². The van der Waals surface area contributed by atoms with Gasteiger partial charge in [0, 0.05) is 17.7 Å². The van der Waals surface area contributed by atoms with E-state index in [0.717, 1.165) is 23.1 Å². The summed E-state index contributed by atoms with van der Waals surface area (Å²) in [6.45, 7) is 3.94. The van der Waals surface area contributed by atoms with Crippen LogP contribution < -0.4 is 0 Å². The first kappa shape index (κ1) is 11.7. The summed E-state index contributed by atoms with van der Waals surface area (Å²) in [4.78, 5) is 0. The van der Waals surface area contributed by atoms with Gasteiger partial charge in [0.1, 0.15) is 0 Å². The van der Waals surface area contributed by atoms with Gasteiger partial charge in [-0.1, -0.05) is 53.7 Å². The van der Waals surface area contributed by atoms with Gasteiger partial charge in [-0.2, -0.15) is 0 Å². The van der Waals surface area contributed by atoms with Gasteiger partial charge in [-0.25, -0.2) is 0 Å². The molecule has 0 bridgehead atoms. The number of hydrogen-bond donors (Lipinski definition) is 0. The molecule has 1 heterocycles. The number of rotatable bonds is 4. The first-order valence-corrected chi connectivity index (χ1v) is 6.39. The Morgan fingerprint density at radius 3 is 2.58 bits per heavy atom. The summed E-state index contributed by atoms with van der Waals surface area (Å²) in [6, 6.07) is 18.3. The summed E-state index contributed by atoms with van der Waals surface area (Å²) in [5, 5.41) is 5.27. The van der Waals surface area contributed by atoms with Crippen molar-refractivity contribution in [1.82, 2.24) is 5.16 Å². The molecule has 0 amide bonds. The fourth-order valence-corrected chi connectivity index (χ4v) is 2.33. The maximum absolute atomic E-state index is 5.35. The number of allylic oxidation sites excluding steroid dienone is 1. The third-order valence-corrected chi connectivity index (χ3v) is 3.38. The van der Waals surface area contributed by atoms with E-state index in [1.54, 1.807) is 0 Å². The van der Waals surface area contributed by atoms with Crippen LogP contribution in [0.1, 0.15) is 17.2 Å². The number of aromatic nitrogens is 1. The molecule has 1 atom stereocenters. The largest absolute Gasteiger partial charge is 0.356 e. The van der Waals surface area contributed by atoms with E-state index in [4.69, 9.17) is 4.52 Å². The minimum atomic E-state index is 0.259. The van der Waals surface area contributed by atoms with Crippen LogP contribution in [-0.2, 0) is 6.42 Å². The zero-order valence-electron chi connectivity index (χ0n) is 10.6. The van der Waals surface area contributed by atoms with E-state index in [-0.39, 0.29) is 5.92 Å². The number of benzene rings is 2. The van der Waals surface area contributed by atoms with E-state index in [1.807, 2.05) is 48.5 Å². The molecule has 2 aromatic carbocycles. The molecule has 0 saturated carbocycles. The van der Waals surface area contributed by atoms with E-state index >= 15 is 0 Å². The van der Waals surface area contributed by atoms with Crippen molar-refractivity contribution in [2.24, 2.45) is 0 Å². The van der Waals surface area contributed by atoms with E-state index in [2.05, 4.69) is 23.9 Å². The van der Waals surface area contributed by atoms with Crippen molar-refractivity contribution in [1.29, 1.82) is 0 Å². The predicted octanol–water partition coefficient (Wildman–Crippen LogP) is 4.34. The molecule has 2 nitrogen and oxygen atoms in total. The smallest absolute Gasteiger partial charge is 0.167 e. The van der Waals surface area contributed by atoms with E-state index < -0.39 is 0 Å². The molecule has 0 aliphatic heterocycles. The lowest BCUT2D eigenvalue weighted by molar-refractivity contribution is 0.444. The molecule has 1 unspecified atom stereocenters. The first-order valence-electron chi connectivity index (χ1n) is 6.39. The number of hydrogen-bond acceptors (Lipinski definition) is 2. The monoisotopic (exact) mass is 249 g/mol. The SMILES string of the molecule is C=CC(Cc1noc2ccccc12)c1ccccc1. The summed E-state index contributed by atoms with van der Waals surface area (Å²) in [5.41, 5.74) is 3.09. The minimum Gasteiger partial charge on any atom is -0.356 e. The lowest BCUT2D eigenvalue weighted by Crippen LogP contribution is -2.00. The van der Waals surface area contributed by atoms with Crippen molar-refractivity contribution in [3.63, 3.8) is 0 Å². The van der Waals surface area contributed by atoms with Gasteiger partial charge in [0.05, 0.1) is 5.69 Å². The summed E-state index contributed by atoms with van der Waals surface area (Å²) in [7, 11) is 0. The molecule has 0 radical (unpaired) electrons. The van der Waals surface area contributed by atoms with Gasteiger partial charge >= 0.3 is 0 Å². The topological polar surface area (TPSA) is 26.0 Å². The summed E-state index contributed by atoms with van der Waals surface area (Å²) in [6.07, 6.45) is 2.78. The zero-order valence-corrected chi connectivity index (χ0v) is 10.6. The van der Waals surface area contributed by atoms with Gasteiger partial charge in [0.2, 0.25) is 0 Å². The van der Waals surface area contributed by atoms with Gasteiger partial charge in [-0.15, -0.1) is 6.58 Å². The quantitative estimate of drug-likeness (QED) is 0.643. The molecule has 2 heteroatoms. The van der Waals surface area contributed by atoms with Crippen LogP contribution in [0.3, 0.4) is 0 Å².